The number of hydrogen-bond acceptors (Lipinski definition) is 3. The highest BCUT2D eigenvalue weighted by molar-refractivity contribution is 4.51. The van der Waals surface area contributed by atoms with Gasteiger partial charge in [0.1, 0.15) is 0 Å². The van der Waals surface area contributed by atoms with Gasteiger partial charge in [0.05, 0.1) is 6.10 Å². The van der Waals surface area contributed by atoms with E-state index >= 15 is 0 Å². The maximum absolute atomic E-state index is 8.93. The van der Waals surface area contributed by atoms with E-state index in [1.807, 2.05) is 13.8 Å². The zero-order valence-corrected chi connectivity index (χ0v) is 8.18. The summed E-state index contributed by atoms with van der Waals surface area (Å²) in [4.78, 5) is 0. The molecule has 0 rings (SSSR count). The summed E-state index contributed by atoms with van der Waals surface area (Å²) in [6.07, 6.45) is 1.69. The molecule has 74 valence electrons. The zero-order chi connectivity index (χ0) is 9.23. The monoisotopic (exact) mass is 175 g/mol. The molecule has 1 atom stereocenters. The van der Waals surface area contributed by atoms with Crippen LogP contribution in [-0.4, -0.2) is 37.5 Å². The van der Waals surface area contributed by atoms with Crippen LogP contribution < -0.4 is 5.32 Å². The van der Waals surface area contributed by atoms with Crippen LogP contribution in [0.2, 0.25) is 0 Å². The molecule has 3 nitrogen and oxygen atoms in total. The lowest BCUT2D eigenvalue weighted by atomic mass is 10.3. The smallest absolute Gasteiger partial charge is 0.0524 e. The molecular formula is C9H21NO2. The SMILES string of the molecule is CCOCCCNCCC(C)O. The van der Waals surface area contributed by atoms with Gasteiger partial charge in [0, 0.05) is 13.2 Å². The van der Waals surface area contributed by atoms with Crippen LogP contribution in [0.3, 0.4) is 0 Å². The molecule has 0 aliphatic rings. The van der Waals surface area contributed by atoms with Gasteiger partial charge in [-0.25, -0.2) is 0 Å². The van der Waals surface area contributed by atoms with E-state index in [0.717, 1.165) is 39.1 Å². The van der Waals surface area contributed by atoms with E-state index in [1.165, 1.54) is 0 Å². The predicted molar refractivity (Wildman–Crippen MR) is 50.3 cm³/mol. The summed E-state index contributed by atoms with van der Waals surface area (Å²) < 4.78 is 5.17. The van der Waals surface area contributed by atoms with Gasteiger partial charge in [0.15, 0.2) is 0 Å². The van der Waals surface area contributed by atoms with E-state index in [0.29, 0.717) is 0 Å². The molecule has 1 unspecified atom stereocenters. The Morgan fingerprint density at radius 3 is 2.75 bits per heavy atom. The molecule has 2 N–H and O–H groups in total. The molecule has 0 saturated heterocycles. The van der Waals surface area contributed by atoms with Crippen molar-refractivity contribution in [1.29, 1.82) is 0 Å². The van der Waals surface area contributed by atoms with Crippen molar-refractivity contribution in [3.05, 3.63) is 0 Å². The van der Waals surface area contributed by atoms with E-state index in [-0.39, 0.29) is 6.10 Å². The van der Waals surface area contributed by atoms with Crippen LogP contribution in [0, 0.1) is 0 Å². The lowest BCUT2D eigenvalue weighted by Crippen LogP contribution is -2.21. The van der Waals surface area contributed by atoms with Gasteiger partial charge in [-0.05, 0) is 39.8 Å². The molecule has 0 fully saturated rings. The van der Waals surface area contributed by atoms with Crippen LogP contribution in [0.15, 0.2) is 0 Å². The fraction of sp³-hybridized carbons (Fsp3) is 1.00. The third-order valence-corrected chi connectivity index (χ3v) is 1.59. The second-order valence-corrected chi connectivity index (χ2v) is 2.94. The first kappa shape index (κ1) is 11.9. The van der Waals surface area contributed by atoms with Gasteiger partial charge in [-0.3, -0.25) is 0 Å². The van der Waals surface area contributed by atoms with Gasteiger partial charge in [-0.15, -0.1) is 0 Å². The first-order valence-corrected chi connectivity index (χ1v) is 4.74. The maximum atomic E-state index is 8.93. The van der Waals surface area contributed by atoms with Crippen LogP contribution in [-0.2, 0) is 4.74 Å². The average molecular weight is 175 g/mol. The van der Waals surface area contributed by atoms with Crippen LogP contribution in [0.5, 0.6) is 0 Å². The predicted octanol–water partition coefficient (Wildman–Crippen LogP) is 0.774. The molecule has 0 saturated carbocycles. The minimum absolute atomic E-state index is 0.190. The fourth-order valence-corrected chi connectivity index (χ4v) is 0.880. The van der Waals surface area contributed by atoms with Gasteiger partial charge in [0.2, 0.25) is 0 Å². The Morgan fingerprint density at radius 1 is 1.42 bits per heavy atom. The molecule has 0 bridgehead atoms. The third-order valence-electron chi connectivity index (χ3n) is 1.59. The third kappa shape index (κ3) is 9.88. The summed E-state index contributed by atoms with van der Waals surface area (Å²) in [6.45, 7) is 7.31. The molecule has 0 heterocycles. The molecular weight excluding hydrogens is 154 g/mol. The van der Waals surface area contributed by atoms with Crippen molar-refractivity contribution >= 4 is 0 Å². The lowest BCUT2D eigenvalue weighted by Gasteiger charge is -2.06. The number of rotatable bonds is 8. The molecule has 0 amide bonds. The Morgan fingerprint density at radius 2 is 2.17 bits per heavy atom. The van der Waals surface area contributed by atoms with Gasteiger partial charge < -0.3 is 15.2 Å². The molecule has 0 aromatic heterocycles. The summed E-state index contributed by atoms with van der Waals surface area (Å²) in [6, 6.07) is 0. The summed E-state index contributed by atoms with van der Waals surface area (Å²) >= 11 is 0. The Labute approximate surface area is 75.1 Å². The van der Waals surface area contributed by atoms with Crippen molar-refractivity contribution in [2.24, 2.45) is 0 Å². The topological polar surface area (TPSA) is 41.5 Å². The molecule has 0 aliphatic heterocycles. The van der Waals surface area contributed by atoms with Crippen molar-refractivity contribution in [2.45, 2.75) is 32.8 Å². The van der Waals surface area contributed by atoms with E-state index in [9.17, 15) is 0 Å². The minimum Gasteiger partial charge on any atom is -0.393 e. The highest BCUT2D eigenvalue weighted by Crippen LogP contribution is 1.86. The quantitative estimate of drug-likeness (QED) is 0.535. The highest BCUT2D eigenvalue weighted by atomic mass is 16.5. The van der Waals surface area contributed by atoms with E-state index in [4.69, 9.17) is 9.84 Å². The van der Waals surface area contributed by atoms with Gasteiger partial charge in [-0.2, -0.15) is 0 Å². The number of ether oxygens (including phenoxy) is 1. The first-order chi connectivity index (χ1) is 5.77. The molecule has 0 aromatic carbocycles. The van der Waals surface area contributed by atoms with Gasteiger partial charge >= 0.3 is 0 Å². The number of hydrogen-bond donors (Lipinski definition) is 2. The number of nitrogens with one attached hydrogen (secondary N) is 1. The maximum Gasteiger partial charge on any atom is 0.0524 e. The Balaban J connectivity index is 2.82. The van der Waals surface area contributed by atoms with Crippen LogP contribution in [0.25, 0.3) is 0 Å². The van der Waals surface area contributed by atoms with Gasteiger partial charge in [0.25, 0.3) is 0 Å². The normalized spacial score (nSPS) is 13.2. The van der Waals surface area contributed by atoms with Crippen molar-refractivity contribution in [2.75, 3.05) is 26.3 Å². The highest BCUT2D eigenvalue weighted by Gasteiger charge is 1.93. The second kappa shape index (κ2) is 8.97. The number of aliphatic hydroxyl groups is 1. The summed E-state index contributed by atoms with van der Waals surface area (Å²) in [5.41, 5.74) is 0. The Kier molecular flexibility index (Phi) is 8.88. The average Bonchev–Trinajstić information content (AvgIpc) is 2.02. The summed E-state index contributed by atoms with van der Waals surface area (Å²) in [5, 5.41) is 12.2. The summed E-state index contributed by atoms with van der Waals surface area (Å²) in [5.74, 6) is 0. The van der Waals surface area contributed by atoms with Crippen LogP contribution in [0.1, 0.15) is 26.7 Å². The molecule has 12 heavy (non-hydrogen) atoms. The standard InChI is InChI=1S/C9H21NO2/c1-3-12-8-4-6-10-7-5-9(2)11/h9-11H,3-8H2,1-2H3. The second-order valence-electron chi connectivity index (χ2n) is 2.94. The Bertz CT molecular complexity index is 86.6. The van der Waals surface area contributed by atoms with E-state index < -0.39 is 0 Å². The molecule has 0 radical (unpaired) electrons. The van der Waals surface area contributed by atoms with Crippen molar-refractivity contribution in [3.8, 4) is 0 Å². The van der Waals surface area contributed by atoms with Crippen LogP contribution >= 0.6 is 0 Å². The van der Waals surface area contributed by atoms with E-state index in [1.54, 1.807) is 0 Å². The van der Waals surface area contributed by atoms with Crippen LogP contribution in [0.4, 0.5) is 0 Å². The zero-order valence-electron chi connectivity index (χ0n) is 8.18. The van der Waals surface area contributed by atoms with E-state index in [2.05, 4.69) is 5.32 Å². The minimum atomic E-state index is -0.190. The van der Waals surface area contributed by atoms with Gasteiger partial charge in [-0.1, -0.05) is 0 Å². The molecule has 0 aliphatic carbocycles. The molecule has 0 aromatic rings. The molecule has 0 spiro atoms. The first-order valence-electron chi connectivity index (χ1n) is 4.74. The lowest BCUT2D eigenvalue weighted by molar-refractivity contribution is 0.144. The van der Waals surface area contributed by atoms with Crippen molar-refractivity contribution in [3.63, 3.8) is 0 Å². The largest absolute Gasteiger partial charge is 0.393 e. The Hall–Kier alpha value is -0.120. The fourth-order valence-electron chi connectivity index (χ4n) is 0.880. The summed E-state index contributed by atoms with van der Waals surface area (Å²) in [7, 11) is 0. The van der Waals surface area contributed by atoms with Crippen molar-refractivity contribution < 1.29 is 9.84 Å². The van der Waals surface area contributed by atoms with Crippen molar-refractivity contribution in [1.82, 2.24) is 5.32 Å². The molecule has 3 heteroatoms. The number of aliphatic hydroxyl groups excluding tert-OH is 1.